The third-order valence-electron chi connectivity index (χ3n) is 12.7. The third kappa shape index (κ3) is 2.77. The Kier molecular flexibility index (Phi) is 5.12. The summed E-state index contributed by atoms with van der Waals surface area (Å²) in [6, 6.07) is 5.27. The number of aromatic hydroxyl groups is 1. The molecule has 5 unspecified atom stereocenters. The van der Waals surface area contributed by atoms with E-state index in [4.69, 9.17) is 14.2 Å². The Labute approximate surface area is 223 Å². The molecule has 4 fully saturated rings. The van der Waals surface area contributed by atoms with Gasteiger partial charge in [0.1, 0.15) is 11.7 Å². The van der Waals surface area contributed by atoms with Gasteiger partial charge in [-0.25, -0.2) is 0 Å². The summed E-state index contributed by atoms with van der Waals surface area (Å²) in [5, 5.41) is 11.2. The molecule has 5 heteroatoms. The SMILES string of the molecule is CC[C@]1(OC)[C@@H](C(C)(OC)C(C)(C)C)CC2C3CC4C(CCc5ccc(O)c6c5[C@]42[C@H]1O6)N3CC1CC1. The van der Waals surface area contributed by atoms with Crippen LogP contribution in [0.3, 0.4) is 0 Å². The van der Waals surface area contributed by atoms with Crippen LogP contribution >= 0.6 is 0 Å². The van der Waals surface area contributed by atoms with Crippen LogP contribution in [-0.2, 0) is 21.3 Å². The van der Waals surface area contributed by atoms with E-state index in [1.807, 2.05) is 20.3 Å². The zero-order valence-electron chi connectivity index (χ0n) is 24.0. The van der Waals surface area contributed by atoms with Gasteiger partial charge in [0.15, 0.2) is 11.5 Å². The van der Waals surface area contributed by atoms with Gasteiger partial charge in [-0.1, -0.05) is 33.8 Å². The molecule has 1 saturated heterocycles. The van der Waals surface area contributed by atoms with E-state index in [9.17, 15) is 5.11 Å². The molecule has 6 aliphatic rings. The van der Waals surface area contributed by atoms with Crippen molar-refractivity contribution in [2.75, 3.05) is 20.8 Å². The fourth-order valence-corrected chi connectivity index (χ4v) is 10.6. The normalized spacial score (nSPS) is 43.3. The van der Waals surface area contributed by atoms with E-state index in [2.05, 4.69) is 45.6 Å². The second kappa shape index (κ2) is 7.67. The van der Waals surface area contributed by atoms with E-state index >= 15 is 0 Å². The molecule has 2 bridgehead atoms. The summed E-state index contributed by atoms with van der Waals surface area (Å²) in [5.41, 5.74) is 1.70. The van der Waals surface area contributed by atoms with E-state index in [1.54, 1.807) is 0 Å². The molecule has 3 saturated carbocycles. The topological polar surface area (TPSA) is 51.2 Å². The molecule has 2 aliphatic heterocycles. The Morgan fingerprint density at radius 2 is 1.78 bits per heavy atom. The zero-order chi connectivity index (χ0) is 26.1. The third-order valence-corrected chi connectivity index (χ3v) is 12.7. The summed E-state index contributed by atoms with van der Waals surface area (Å²) < 4.78 is 20.4. The predicted molar refractivity (Wildman–Crippen MR) is 144 cm³/mol. The van der Waals surface area contributed by atoms with Crippen molar-refractivity contribution in [2.24, 2.45) is 29.1 Å². The van der Waals surface area contributed by atoms with Crippen molar-refractivity contribution in [1.29, 1.82) is 0 Å². The van der Waals surface area contributed by atoms with Crippen LogP contribution < -0.4 is 4.74 Å². The number of hydrogen-bond donors (Lipinski definition) is 1. The fraction of sp³-hybridized carbons (Fsp3) is 0.812. The molecular weight excluding hydrogens is 462 g/mol. The molecule has 2 heterocycles. The highest BCUT2D eigenvalue weighted by atomic mass is 16.6. The maximum Gasteiger partial charge on any atom is 0.165 e. The monoisotopic (exact) mass is 509 g/mol. The van der Waals surface area contributed by atoms with Crippen molar-refractivity contribution in [2.45, 2.75) is 114 Å². The van der Waals surface area contributed by atoms with Crippen molar-refractivity contribution in [1.82, 2.24) is 4.90 Å². The number of hydrogen-bond acceptors (Lipinski definition) is 5. The largest absolute Gasteiger partial charge is 0.504 e. The number of nitrogens with zero attached hydrogens (tertiary/aromatic N) is 1. The lowest BCUT2D eigenvalue weighted by molar-refractivity contribution is -0.261. The summed E-state index contributed by atoms with van der Waals surface area (Å²) in [7, 11) is 3.79. The molecular formula is C32H47NO4. The first-order valence-electron chi connectivity index (χ1n) is 15.0. The number of aryl methyl sites for hydroxylation is 1. The van der Waals surface area contributed by atoms with Crippen LogP contribution in [0.5, 0.6) is 11.5 Å². The van der Waals surface area contributed by atoms with Crippen molar-refractivity contribution in [3.05, 3.63) is 23.3 Å². The molecule has 7 rings (SSSR count). The molecule has 204 valence electrons. The Morgan fingerprint density at radius 1 is 1.05 bits per heavy atom. The number of piperidine rings is 1. The van der Waals surface area contributed by atoms with Crippen LogP contribution in [0.2, 0.25) is 0 Å². The van der Waals surface area contributed by atoms with Gasteiger partial charge >= 0.3 is 0 Å². The van der Waals surface area contributed by atoms with Gasteiger partial charge in [0.05, 0.1) is 5.60 Å². The molecule has 0 radical (unpaired) electrons. The van der Waals surface area contributed by atoms with Crippen molar-refractivity contribution >= 4 is 0 Å². The summed E-state index contributed by atoms with van der Waals surface area (Å²) in [6.07, 6.45) is 8.18. The number of likely N-dealkylation sites (tertiary alicyclic amines) is 1. The first-order chi connectivity index (χ1) is 17.6. The van der Waals surface area contributed by atoms with E-state index < -0.39 is 11.2 Å². The number of fused-ring (bicyclic) bond motifs is 2. The molecule has 5 nitrogen and oxygen atoms in total. The lowest BCUT2D eigenvalue weighted by Gasteiger charge is -2.64. The highest BCUT2D eigenvalue weighted by Gasteiger charge is 2.80. The molecule has 0 aromatic heterocycles. The Balaban J connectivity index is 1.47. The second-order valence-electron chi connectivity index (χ2n) is 14.5. The van der Waals surface area contributed by atoms with Crippen LogP contribution in [0.4, 0.5) is 0 Å². The van der Waals surface area contributed by atoms with E-state index in [0.29, 0.717) is 29.7 Å². The number of benzene rings is 1. The van der Waals surface area contributed by atoms with E-state index in [0.717, 1.165) is 30.9 Å². The average molecular weight is 510 g/mol. The predicted octanol–water partition coefficient (Wildman–Crippen LogP) is 5.70. The second-order valence-corrected chi connectivity index (χ2v) is 14.5. The average Bonchev–Trinajstić information content (AvgIpc) is 3.43. The summed E-state index contributed by atoms with van der Waals surface area (Å²) >= 11 is 0. The van der Waals surface area contributed by atoms with E-state index in [-0.39, 0.29) is 22.9 Å². The van der Waals surface area contributed by atoms with Crippen LogP contribution in [0, 0.1) is 29.1 Å². The maximum absolute atomic E-state index is 11.2. The van der Waals surface area contributed by atoms with Crippen molar-refractivity contribution in [3.8, 4) is 11.5 Å². The van der Waals surface area contributed by atoms with Gasteiger partial charge in [-0.3, -0.25) is 4.90 Å². The minimum Gasteiger partial charge on any atom is -0.504 e. The molecule has 4 aliphatic carbocycles. The number of rotatable bonds is 6. The Hall–Kier alpha value is -1.30. The minimum absolute atomic E-state index is 0.0774. The smallest absolute Gasteiger partial charge is 0.165 e. The Bertz CT molecular complexity index is 1100. The lowest BCUT2D eigenvalue weighted by Crippen LogP contribution is -2.74. The number of phenols is 1. The van der Waals surface area contributed by atoms with Crippen LogP contribution in [-0.4, -0.2) is 60.2 Å². The van der Waals surface area contributed by atoms with Crippen molar-refractivity contribution < 1.29 is 19.3 Å². The zero-order valence-corrected chi connectivity index (χ0v) is 24.0. The molecule has 1 aromatic carbocycles. The van der Waals surface area contributed by atoms with Gasteiger partial charge < -0.3 is 19.3 Å². The minimum atomic E-state index is -0.502. The number of phenolic OH excluding ortho intramolecular Hbond substituents is 1. The van der Waals surface area contributed by atoms with Gasteiger partial charge in [0.25, 0.3) is 0 Å². The Morgan fingerprint density at radius 3 is 2.41 bits per heavy atom. The number of methoxy groups -OCH3 is 2. The van der Waals surface area contributed by atoms with Crippen LogP contribution in [0.1, 0.15) is 84.3 Å². The van der Waals surface area contributed by atoms with Gasteiger partial charge in [0.2, 0.25) is 0 Å². The van der Waals surface area contributed by atoms with Crippen LogP contribution in [0.25, 0.3) is 0 Å². The van der Waals surface area contributed by atoms with Gasteiger partial charge in [0, 0.05) is 49.7 Å². The standard InChI is InChI=1S/C32H47NO4/c1-8-31(36-7)25(30(5,35-6)29(2,3)4)16-21-23-15-20-22(33(23)17-18-9-10-18)13-11-19-12-14-24(34)27-26(19)32(20,21)28(31)37-27/h12,14,18,20-23,25,28,34H,8-11,13,15-17H2,1-7H3/t20?,21?,22?,23?,25-,28+,30?,31+,32+/m1/s1. The van der Waals surface area contributed by atoms with Gasteiger partial charge in [-0.05, 0) is 86.7 Å². The molecule has 0 amide bonds. The van der Waals surface area contributed by atoms with Gasteiger partial charge in [-0.15, -0.1) is 0 Å². The molecule has 9 atom stereocenters. The summed E-state index contributed by atoms with van der Waals surface area (Å²) in [6.45, 7) is 12.8. The summed E-state index contributed by atoms with van der Waals surface area (Å²) in [5.74, 6) is 3.17. The van der Waals surface area contributed by atoms with Crippen molar-refractivity contribution in [3.63, 3.8) is 0 Å². The quantitative estimate of drug-likeness (QED) is 0.533. The van der Waals surface area contributed by atoms with E-state index in [1.165, 1.54) is 43.4 Å². The van der Waals surface area contributed by atoms with Crippen LogP contribution in [0.15, 0.2) is 12.1 Å². The highest BCUT2D eigenvalue weighted by molar-refractivity contribution is 5.62. The maximum atomic E-state index is 11.2. The fourth-order valence-electron chi connectivity index (χ4n) is 10.6. The van der Waals surface area contributed by atoms with Gasteiger partial charge in [-0.2, -0.15) is 0 Å². The number of ether oxygens (including phenoxy) is 3. The molecule has 1 aromatic rings. The first kappa shape index (κ1) is 24.7. The molecule has 1 N–H and O–H groups in total. The summed E-state index contributed by atoms with van der Waals surface area (Å²) in [4.78, 5) is 2.96. The molecule has 1 spiro atoms. The lowest BCUT2D eigenvalue weighted by atomic mass is 9.46. The molecule has 37 heavy (non-hydrogen) atoms. The first-order valence-corrected chi connectivity index (χ1v) is 15.0. The highest BCUT2D eigenvalue weighted by Crippen LogP contribution is 2.74.